The van der Waals surface area contributed by atoms with Gasteiger partial charge in [-0.25, -0.2) is 4.90 Å². The number of ether oxygens (including phenoxy) is 1. The van der Waals surface area contributed by atoms with Gasteiger partial charge < -0.3 is 4.74 Å². The molecule has 0 spiro atoms. The lowest BCUT2D eigenvalue weighted by Crippen LogP contribution is -2.60. The third-order valence-electron chi connectivity index (χ3n) is 5.48. The van der Waals surface area contributed by atoms with Gasteiger partial charge in [0.1, 0.15) is 5.75 Å². The van der Waals surface area contributed by atoms with Crippen molar-refractivity contribution in [3.05, 3.63) is 64.4 Å². The van der Waals surface area contributed by atoms with Crippen molar-refractivity contribution in [2.24, 2.45) is 0 Å². The lowest BCUT2D eigenvalue weighted by Gasteiger charge is -2.31. The fraction of sp³-hybridized carbons (Fsp3) is 0.333. The van der Waals surface area contributed by atoms with Gasteiger partial charge in [-0.3, -0.25) is 14.6 Å². The molecule has 3 aromatic rings. The summed E-state index contributed by atoms with van der Waals surface area (Å²) in [5.74, 6) is 1.40. The molecule has 0 saturated heterocycles. The van der Waals surface area contributed by atoms with Gasteiger partial charge in [0, 0.05) is 23.3 Å². The van der Waals surface area contributed by atoms with Gasteiger partial charge in [0.15, 0.2) is 0 Å². The molecule has 0 bridgehead atoms. The second kappa shape index (κ2) is 9.56. The van der Waals surface area contributed by atoms with Crippen LogP contribution in [0.1, 0.15) is 44.8 Å². The van der Waals surface area contributed by atoms with E-state index < -0.39 is 6.17 Å². The molecule has 7 nitrogen and oxygen atoms in total. The minimum atomic E-state index is -0.607. The molecule has 32 heavy (non-hydrogen) atoms. The van der Waals surface area contributed by atoms with Crippen molar-refractivity contribution in [3.63, 3.8) is 0 Å². The van der Waals surface area contributed by atoms with Crippen molar-refractivity contribution < 1.29 is 14.2 Å². The molecule has 2 aromatic carbocycles. The Bertz CT molecular complexity index is 1190. The fourth-order valence-electron chi connectivity index (χ4n) is 4.00. The molecule has 1 N–H and O–H groups in total. The van der Waals surface area contributed by atoms with Crippen molar-refractivity contribution in [2.45, 2.75) is 44.4 Å². The first-order valence-corrected chi connectivity index (χ1v) is 11.8. The molecule has 1 aromatic heterocycles. The predicted molar refractivity (Wildman–Crippen MR) is 125 cm³/mol. The summed E-state index contributed by atoms with van der Waals surface area (Å²) in [6, 6.07) is 15.0. The zero-order chi connectivity index (χ0) is 22.7. The van der Waals surface area contributed by atoms with Gasteiger partial charge in [0.2, 0.25) is 11.1 Å². The fourth-order valence-corrected chi connectivity index (χ4v) is 4.85. The number of carbonyl (C=O) groups excluding carboxylic acids is 1. The molecule has 0 saturated carbocycles. The second-order valence-corrected chi connectivity index (χ2v) is 8.75. The molecule has 2 heterocycles. The summed E-state index contributed by atoms with van der Waals surface area (Å²) < 4.78 is 7.10. The Morgan fingerprint density at radius 3 is 2.78 bits per heavy atom. The highest BCUT2D eigenvalue weighted by molar-refractivity contribution is 7.99. The van der Waals surface area contributed by atoms with Crippen LogP contribution in [0.25, 0.3) is 11.3 Å². The summed E-state index contributed by atoms with van der Waals surface area (Å²) in [7, 11) is 1.60. The van der Waals surface area contributed by atoms with Gasteiger partial charge in [-0.05, 0) is 41.4 Å². The topological polar surface area (TPSA) is 79.2 Å². The Kier molecular flexibility index (Phi) is 6.60. The molecule has 8 heteroatoms. The van der Waals surface area contributed by atoms with Crippen molar-refractivity contribution in [2.75, 3.05) is 17.8 Å². The SMILES string of the molecule is CCCCCSc1n[n+]2c(c(=O)[nH]1)-c1ccccc1N(C(C)=O)[C@H]2c1cccc(OC)c1. The van der Waals surface area contributed by atoms with E-state index in [4.69, 9.17) is 9.84 Å². The molecule has 1 aliphatic rings. The third-order valence-corrected chi connectivity index (χ3v) is 6.43. The number of unbranched alkanes of at least 4 members (excludes halogenated alkanes) is 2. The van der Waals surface area contributed by atoms with Crippen molar-refractivity contribution in [1.82, 2.24) is 10.1 Å². The van der Waals surface area contributed by atoms with Crippen LogP contribution in [0.4, 0.5) is 5.69 Å². The van der Waals surface area contributed by atoms with Crippen LogP contribution in [0.2, 0.25) is 0 Å². The lowest BCUT2D eigenvalue weighted by atomic mass is 10.0. The number of fused-ring (bicyclic) bond motifs is 3. The first-order valence-electron chi connectivity index (χ1n) is 10.8. The van der Waals surface area contributed by atoms with Crippen LogP contribution < -0.4 is 19.9 Å². The van der Waals surface area contributed by atoms with Gasteiger partial charge in [0.25, 0.3) is 6.17 Å². The van der Waals surface area contributed by atoms with Crippen LogP contribution in [0.3, 0.4) is 0 Å². The van der Waals surface area contributed by atoms with E-state index in [0.29, 0.717) is 27.9 Å². The number of aromatic nitrogens is 3. The van der Waals surface area contributed by atoms with Gasteiger partial charge >= 0.3 is 11.3 Å². The van der Waals surface area contributed by atoms with E-state index in [2.05, 4.69) is 11.9 Å². The highest BCUT2D eigenvalue weighted by atomic mass is 32.2. The van der Waals surface area contributed by atoms with E-state index in [1.54, 1.807) is 16.7 Å². The van der Waals surface area contributed by atoms with Gasteiger partial charge in [-0.15, -0.1) is 0 Å². The van der Waals surface area contributed by atoms with Crippen LogP contribution in [0.5, 0.6) is 5.75 Å². The maximum Gasteiger partial charge on any atom is 0.325 e. The average Bonchev–Trinajstić information content (AvgIpc) is 2.80. The first kappa shape index (κ1) is 22.1. The van der Waals surface area contributed by atoms with Gasteiger partial charge in [-0.2, -0.15) is 0 Å². The molecule has 166 valence electrons. The predicted octanol–water partition coefficient (Wildman–Crippen LogP) is 3.93. The molecule has 1 amide bonds. The average molecular weight is 452 g/mol. The Morgan fingerprint density at radius 1 is 1.22 bits per heavy atom. The van der Waals surface area contributed by atoms with Crippen LogP contribution in [0.15, 0.2) is 58.5 Å². The largest absolute Gasteiger partial charge is 0.497 e. The van der Waals surface area contributed by atoms with Crippen LogP contribution in [0, 0.1) is 0 Å². The van der Waals surface area contributed by atoms with E-state index in [1.807, 2.05) is 48.5 Å². The summed E-state index contributed by atoms with van der Waals surface area (Å²) in [4.78, 5) is 30.8. The zero-order valence-corrected chi connectivity index (χ0v) is 19.3. The molecule has 1 aliphatic heterocycles. The van der Waals surface area contributed by atoms with Gasteiger partial charge in [0.05, 0.1) is 18.4 Å². The summed E-state index contributed by atoms with van der Waals surface area (Å²) in [5, 5.41) is 5.35. The number of carbonyl (C=O) groups is 1. The Morgan fingerprint density at radius 2 is 2.03 bits per heavy atom. The highest BCUT2D eigenvalue weighted by Crippen LogP contribution is 2.37. The summed E-state index contributed by atoms with van der Waals surface area (Å²) in [6.07, 6.45) is 2.71. The van der Waals surface area contributed by atoms with E-state index in [1.165, 1.54) is 18.7 Å². The van der Waals surface area contributed by atoms with E-state index in [0.717, 1.165) is 30.6 Å². The lowest BCUT2D eigenvalue weighted by molar-refractivity contribution is -0.763. The van der Waals surface area contributed by atoms with Crippen LogP contribution >= 0.6 is 11.8 Å². The first-order chi connectivity index (χ1) is 15.5. The van der Waals surface area contributed by atoms with E-state index in [-0.39, 0.29) is 11.5 Å². The van der Waals surface area contributed by atoms with Crippen molar-refractivity contribution >= 4 is 23.4 Å². The Hall–Kier alpha value is -3.13. The molecule has 1 atom stereocenters. The number of H-pyrrole nitrogens is 1. The number of thioether (sulfide) groups is 1. The monoisotopic (exact) mass is 451 g/mol. The number of nitrogens with zero attached hydrogens (tertiary/aromatic N) is 3. The smallest absolute Gasteiger partial charge is 0.325 e. The maximum absolute atomic E-state index is 13.3. The van der Waals surface area contributed by atoms with Gasteiger partial charge in [-0.1, -0.05) is 49.7 Å². The number of rotatable bonds is 7. The minimum Gasteiger partial charge on any atom is -0.497 e. The summed E-state index contributed by atoms with van der Waals surface area (Å²) in [5.41, 5.74) is 2.38. The Labute approximate surface area is 191 Å². The number of benzene rings is 2. The Balaban J connectivity index is 1.92. The zero-order valence-electron chi connectivity index (χ0n) is 18.5. The molecule has 0 radical (unpaired) electrons. The molecule has 0 fully saturated rings. The number of aromatic amines is 1. The second-order valence-electron chi connectivity index (χ2n) is 7.66. The molecular formula is C24H27N4O3S+. The van der Waals surface area contributed by atoms with E-state index in [9.17, 15) is 9.59 Å². The number of methoxy groups -OCH3 is 1. The maximum atomic E-state index is 13.3. The molecular weight excluding hydrogens is 424 g/mol. The van der Waals surface area contributed by atoms with Crippen LogP contribution in [-0.2, 0) is 4.79 Å². The van der Waals surface area contributed by atoms with E-state index >= 15 is 0 Å². The quantitative estimate of drug-likeness (QED) is 0.335. The molecule has 0 aliphatic carbocycles. The summed E-state index contributed by atoms with van der Waals surface area (Å²) >= 11 is 1.53. The minimum absolute atomic E-state index is 0.136. The molecule has 0 unspecified atom stereocenters. The summed E-state index contributed by atoms with van der Waals surface area (Å²) in [6.45, 7) is 3.69. The number of hydrogen-bond acceptors (Lipinski definition) is 5. The van der Waals surface area contributed by atoms with Crippen LogP contribution in [-0.4, -0.2) is 28.9 Å². The van der Waals surface area contributed by atoms with Crippen molar-refractivity contribution in [1.29, 1.82) is 0 Å². The highest BCUT2D eigenvalue weighted by Gasteiger charge is 2.44. The normalized spacial score (nSPS) is 14.6. The number of para-hydroxylation sites is 1. The number of anilines is 1. The molecule has 4 rings (SSSR count). The number of amides is 1. The standard InChI is InChI=1S/C24H26N4O3S/c1-4-5-8-14-32-24-25-22(30)21-19-12-6-7-13-20(19)27(16(2)29)23(28(21)26-24)17-10-9-11-18(15-17)31-3/h6-7,9-13,15,23H,4-5,8,14H2,1-3H3/p+1/t23-/m1/s1. The van der Waals surface area contributed by atoms with Crippen molar-refractivity contribution in [3.8, 4) is 17.0 Å². The number of nitrogens with one attached hydrogen (secondary N) is 1. The third kappa shape index (κ3) is 4.14. The number of hydrogen-bond donors (Lipinski definition) is 1.